The van der Waals surface area contributed by atoms with Gasteiger partial charge in [0.05, 0.1) is 0 Å². The van der Waals surface area contributed by atoms with Crippen molar-refractivity contribution >= 4 is 0 Å². The molecule has 0 spiro atoms. The van der Waals surface area contributed by atoms with Crippen LogP contribution < -0.4 is 0 Å². The minimum atomic E-state index is 0.742. The third-order valence-corrected chi connectivity index (χ3v) is 3.82. The molecular weight excluding hydrogens is 256 g/mol. The Kier molecular flexibility index (Phi) is 5.79. The summed E-state index contributed by atoms with van der Waals surface area (Å²) in [6.07, 6.45) is 9.98. The van der Waals surface area contributed by atoms with Crippen molar-refractivity contribution in [3.05, 3.63) is 54.4 Å². The molecule has 0 saturated carbocycles. The summed E-state index contributed by atoms with van der Waals surface area (Å²) in [6, 6.07) is 10.4. The Balaban J connectivity index is 1.90. The zero-order chi connectivity index (χ0) is 15.1. The highest BCUT2D eigenvalue weighted by Crippen LogP contribution is 2.19. The van der Waals surface area contributed by atoms with Gasteiger partial charge in [-0.2, -0.15) is 0 Å². The molecule has 0 bridgehead atoms. The zero-order valence-corrected chi connectivity index (χ0v) is 13.4. The maximum Gasteiger partial charge on any atom is 0.139 e. The molecule has 21 heavy (non-hydrogen) atoms. The topological polar surface area (TPSA) is 17.8 Å². The lowest BCUT2D eigenvalue weighted by atomic mass is 10.0. The molecule has 0 fully saturated rings. The number of imidazole rings is 1. The number of rotatable bonds is 7. The quantitative estimate of drug-likeness (QED) is 0.628. The van der Waals surface area contributed by atoms with E-state index in [1.165, 1.54) is 30.4 Å². The molecule has 1 unspecified atom stereocenters. The van der Waals surface area contributed by atoms with Crippen LogP contribution in [0, 0.1) is 5.92 Å². The van der Waals surface area contributed by atoms with E-state index in [1.54, 1.807) is 0 Å². The van der Waals surface area contributed by atoms with Crippen LogP contribution in [0.5, 0.6) is 0 Å². The predicted molar refractivity (Wildman–Crippen MR) is 90.1 cm³/mol. The average Bonchev–Trinajstić information content (AvgIpc) is 2.94. The first-order valence-electron chi connectivity index (χ1n) is 7.86. The fraction of sp³-hybridized carbons (Fsp3) is 0.421. The van der Waals surface area contributed by atoms with Gasteiger partial charge in [0, 0.05) is 24.5 Å². The van der Waals surface area contributed by atoms with Gasteiger partial charge in [0.1, 0.15) is 5.82 Å². The summed E-state index contributed by atoms with van der Waals surface area (Å²) in [5.74, 6) is 1.82. The van der Waals surface area contributed by atoms with Crippen molar-refractivity contribution in [2.24, 2.45) is 5.92 Å². The monoisotopic (exact) mass is 282 g/mol. The van der Waals surface area contributed by atoms with Crippen LogP contribution in [-0.4, -0.2) is 9.55 Å². The molecule has 2 heteroatoms. The fourth-order valence-corrected chi connectivity index (χ4v) is 2.50. The Bertz CT molecular complexity index is 562. The first-order valence-corrected chi connectivity index (χ1v) is 7.86. The lowest BCUT2D eigenvalue weighted by Crippen LogP contribution is -2.04. The highest BCUT2D eigenvalue weighted by molar-refractivity contribution is 5.54. The fourth-order valence-electron chi connectivity index (χ4n) is 2.50. The standard InChI is InChI=1S/C19H26N2/c1-16(2)8-7-9-17(3)12-14-21-15-13-20-19(21)18-10-5-4-6-11-18/h4-6,8,10-11,13,15,17H,7,9,12,14H2,1-3H3. The zero-order valence-electron chi connectivity index (χ0n) is 13.4. The van der Waals surface area contributed by atoms with Gasteiger partial charge in [0.25, 0.3) is 0 Å². The lowest BCUT2D eigenvalue weighted by Gasteiger charge is -2.12. The molecule has 0 saturated heterocycles. The predicted octanol–water partition coefficient (Wildman–Crippen LogP) is 5.32. The molecular formula is C19H26N2. The highest BCUT2D eigenvalue weighted by atomic mass is 15.1. The van der Waals surface area contributed by atoms with Crippen LogP contribution in [0.2, 0.25) is 0 Å². The second-order valence-corrected chi connectivity index (χ2v) is 6.06. The smallest absolute Gasteiger partial charge is 0.139 e. The van der Waals surface area contributed by atoms with Gasteiger partial charge in [-0.05, 0) is 39.0 Å². The van der Waals surface area contributed by atoms with E-state index in [4.69, 9.17) is 0 Å². The lowest BCUT2D eigenvalue weighted by molar-refractivity contribution is 0.456. The number of hydrogen-bond donors (Lipinski definition) is 0. The minimum Gasteiger partial charge on any atom is -0.331 e. The number of nitrogens with zero attached hydrogens (tertiary/aromatic N) is 2. The van der Waals surface area contributed by atoms with Gasteiger partial charge in [-0.15, -0.1) is 0 Å². The molecule has 0 N–H and O–H groups in total. The molecule has 0 amide bonds. The molecule has 2 nitrogen and oxygen atoms in total. The van der Waals surface area contributed by atoms with Crippen LogP contribution in [0.15, 0.2) is 54.4 Å². The molecule has 0 aliphatic carbocycles. The molecule has 1 heterocycles. The van der Waals surface area contributed by atoms with Gasteiger partial charge in [0.2, 0.25) is 0 Å². The van der Waals surface area contributed by atoms with Crippen molar-refractivity contribution in [1.82, 2.24) is 9.55 Å². The summed E-state index contributed by atoms with van der Waals surface area (Å²) in [5.41, 5.74) is 2.61. The van der Waals surface area contributed by atoms with Gasteiger partial charge < -0.3 is 4.57 Å². The van der Waals surface area contributed by atoms with E-state index in [0.29, 0.717) is 0 Å². The SMILES string of the molecule is CC(C)=CCCC(C)CCn1ccnc1-c1ccccc1. The summed E-state index contributed by atoms with van der Waals surface area (Å²) >= 11 is 0. The number of allylic oxidation sites excluding steroid dienone is 2. The molecule has 1 atom stereocenters. The first-order chi connectivity index (χ1) is 10.2. The third-order valence-electron chi connectivity index (χ3n) is 3.82. The van der Waals surface area contributed by atoms with Crippen LogP contribution in [0.1, 0.15) is 40.0 Å². The van der Waals surface area contributed by atoms with Crippen molar-refractivity contribution < 1.29 is 0 Å². The van der Waals surface area contributed by atoms with E-state index < -0.39 is 0 Å². The van der Waals surface area contributed by atoms with Gasteiger partial charge in [-0.1, -0.05) is 48.9 Å². The maximum atomic E-state index is 4.50. The van der Waals surface area contributed by atoms with Crippen LogP contribution in [0.3, 0.4) is 0 Å². The van der Waals surface area contributed by atoms with E-state index in [9.17, 15) is 0 Å². The summed E-state index contributed by atoms with van der Waals surface area (Å²) < 4.78 is 2.27. The minimum absolute atomic E-state index is 0.742. The van der Waals surface area contributed by atoms with Crippen LogP contribution in [-0.2, 0) is 6.54 Å². The van der Waals surface area contributed by atoms with Crippen molar-refractivity contribution in [3.63, 3.8) is 0 Å². The molecule has 2 rings (SSSR count). The Morgan fingerprint density at radius 3 is 2.67 bits per heavy atom. The molecule has 0 aliphatic rings. The van der Waals surface area contributed by atoms with E-state index in [2.05, 4.69) is 66.9 Å². The second kappa shape index (κ2) is 7.82. The van der Waals surface area contributed by atoms with Crippen molar-refractivity contribution in [2.75, 3.05) is 0 Å². The van der Waals surface area contributed by atoms with Crippen molar-refractivity contribution in [2.45, 2.75) is 46.6 Å². The Morgan fingerprint density at radius 1 is 1.19 bits per heavy atom. The molecule has 1 aromatic carbocycles. The van der Waals surface area contributed by atoms with Gasteiger partial charge >= 0.3 is 0 Å². The Labute approximate surface area is 128 Å². The van der Waals surface area contributed by atoms with Crippen molar-refractivity contribution in [1.29, 1.82) is 0 Å². The highest BCUT2D eigenvalue weighted by Gasteiger charge is 2.07. The number of hydrogen-bond acceptors (Lipinski definition) is 1. The first kappa shape index (κ1) is 15.6. The number of aryl methyl sites for hydroxylation is 1. The number of benzene rings is 1. The summed E-state index contributed by atoms with van der Waals surface area (Å²) in [4.78, 5) is 4.50. The summed E-state index contributed by atoms with van der Waals surface area (Å²) in [6.45, 7) is 7.72. The van der Waals surface area contributed by atoms with Crippen LogP contribution in [0.25, 0.3) is 11.4 Å². The molecule has 1 aromatic heterocycles. The maximum absolute atomic E-state index is 4.50. The molecule has 112 valence electrons. The largest absolute Gasteiger partial charge is 0.331 e. The molecule has 2 aromatic rings. The average molecular weight is 282 g/mol. The third kappa shape index (κ3) is 4.89. The Hall–Kier alpha value is -1.83. The van der Waals surface area contributed by atoms with E-state index in [-0.39, 0.29) is 0 Å². The summed E-state index contributed by atoms with van der Waals surface area (Å²) in [7, 11) is 0. The van der Waals surface area contributed by atoms with Crippen molar-refractivity contribution in [3.8, 4) is 11.4 Å². The molecule has 0 aliphatic heterocycles. The Morgan fingerprint density at radius 2 is 1.95 bits per heavy atom. The normalized spacial score (nSPS) is 12.1. The van der Waals surface area contributed by atoms with E-state index in [1.807, 2.05) is 12.3 Å². The van der Waals surface area contributed by atoms with Gasteiger partial charge in [-0.3, -0.25) is 0 Å². The van der Waals surface area contributed by atoms with E-state index >= 15 is 0 Å². The second-order valence-electron chi connectivity index (χ2n) is 6.06. The van der Waals surface area contributed by atoms with Gasteiger partial charge in [-0.25, -0.2) is 4.98 Å². The van der Waals surface area contributed by atoms with Crippen LogP contribution >= 0.6 is 0 Å². The summed E-state index contributed by atoms with van der Waals surface area (Å²) in [5, 5.41) is 0. The number of aromatic nitrogens is 2. The van der Waals surface area contributed by atoms with Crippen LogP contribution in [0.4, 0.5) is 0 Å². The van der Waals surface area contributed by atoms with Gasteiger partial charge in [0.15, 0.2) is 0 Å². The van der Waals surface area contributed by atoms with E-state index in [0.717, 1.165) is 18.3 Å². The molecule has 0 radical (unpaired) electrons.